The molecular formula is C14H19NO2. The summed E-state index contributed by atoms with van der Waals surface area (Å²) in [4.78, 5) is 15.9. The van der Waals surface area contributed by atoms with Gasteiger partial charge in [-0.05, 0) is 50.3 Å². The number of hydrogen-bond donors (Lipinski definition) is 0. The molecule has 0 radical (unpaired) electrons. The highest BCUT2D eigenvalue weighted by molar-refractivity contribution is 5.72. The number of carbonyl (C=O) groups excluding carboxylic acids is 1. The predicted octanol–water partition coefficient (Wildman–Crippen LogP) is 2.81. The van der Waals surface area contributed by atoms with Crippen molar-refractivity contribution < 1.29 is 9.53 Å². The standard InChI is InChI=1S/C14H19NO2/c1-11-7-8-15-12(9-11)10-14(16)17-13-5-3-2-4-6-13/h7-9,13H,2-6,10H2,1H3. The van der Waals surface area contributed by atoms with Gasteiger partial charge in [-0.15, -0.1) is 0 Å². The van der Waals surface area contributed by atoms with Crippen LogP contribution in [0.2, 0.25) is 0 Å². The lowest BCUT2D eigenvalue weighted by Gasteiger charge is -2.21. The van der Waals surface area contributed by atoms with E-state index in [1.54, 1.807) is 6.20 Å². The van der Waals surface area contributed by atoms with E-state index < -0.39 is 0 Å². The Morgan fingerprint density at radius 3 is 2.88 bits per heavy atom. The number of aromatic nitrogens is 1. The minimum atomic E-state index is -0.144. The summed E-state index contributed by atoms with van der Waals surface area (Å²) < 4.78 is 5.46. The SMILES string of the molecule is Cc1ccnc(CC(=O)OC2CCCCC2)c1. The number of nitrogens with zero attached hydrogens (tertiary/aromatic N) is 1. The van der Waals surface area contributed by atoms with Gasteiger partial charge in [0.05, 0.1) is 12.1 Å². The molecule has 0 saturated heterocycles. The Labute approximate surface area is 102 Å². The monoisotopic (exact) mass is 233 g/mol. The lowest BCUT2D eigenvalue weighted by molar-refractivity contribution is -0.149. The summed E-state index contributed by atoms with van der Waals surface area (Å²) in [5.41, 5.74) is 1.92. The fraction of sp³-hybridized carbons (Fsp3) is 0.571. The van der Waals surface area contributed by atoms with Crippen molar-refractivity contribution in [2.75, 3.05) is 0 Å². The zero-order chi connectivity index (χ0) is 12.1. The molecule has 0 spiro atoms. The van der Waals surface area contributed by atoms with Crippen LogP contribution < -0.4 is 0 Å². The van der Waals surface area contributed by atoms with E-state index in [4.69, 9.17) is 4.74 Å². The summed E-state index contributed by atoms with van der Waals surface area (Å²) in [7, 11) is 0. The van der Waals surface area contributed by atoms with Crippen molar-refractivity contribution in [3.8, 4) is 0 Å². The number of esters is 1. The number of aryl methyl sites for hydroxylation is 1. The Balaban J connectivity index is 1.84. The van der Waals surface area contributed by atoms with Crippen LogP contribution >= 0.6 is 0 Å². The highest BCUT2D eigenvalue weighted by Crippen LogP contribution is 2.20. The molecular weight excluding hydrogens is 214 g/mol. The Kier molecular flexibility index (Phi) is 4.13. The largest absolute Gasteiger partial charge is 0.462 e. The van der Waals surface area contributed by atoms with Crippen LogP contribution in [0.15, 0.2) is 18.3 Å². The van der Waals surface area contributed by atoms with Gasteiger partial charge in [0.2, 0.25) is 0 Å². The van der Waals surface area contributed by atoms with Crippen molar-refractivity contribution in [3.05, 3.63) is 29.6 Å². The first-order valence-electron chi connectivity index (χ1n) is 6.35. The summed E-state index contributed by atoms with van der Waals surface area (Å²) in [5, 5.41) is 0. The van der Waals surface area contributed by atoms with Crippen LogP contribution in [0.25, 0.3) is 0 Å². The maximum atomic E-state index is 11.7. The van der Waals surface area contributed by atoms with E-state index in [1.165, 1.54) is 19.3 Å². The Bertz CT molecular complexity index is 384. The summed E-state index contributed by atoms with van der Waals surface area (Å²) in [6, 6.07) is 3.86. The number of hydrogen-bond acceptors (Lipinski definition) is 3. The van der Waals surface area contributed by atoms with Crippen molar-refractivity contribution in [2.24, 2.45) is 0 Å². The van der Waals surface area contributed by atoms with Crippen LogP contribution in [0.1, 0.15) is 43.4 Å². The predicted molar refractivity (Wildman–Crippen MR) is 65.6 cm³/mol. The quantitative estimate of drug-likeness (QED) is 0.754. The number of carbonyl (C=O) groups is 1. The molecule has 1 saturated carbocycles. The molecule has 0 unspecified atom stereocenters. The number of pyridine rings is 1. The molecule has 0 amide bonds. The topological polar surface area (TPSA) is 39.2 Å². The van der Waals surface area contributed by atoms with Gasteiger partial charge in [-0.3, -0.25) is 9.78 Å². The van der Waals surface area contributed by atoms with Crippen LogP contribution in [0.3, 0.4) is 0 Å². The highest BCUT2D eigenvalue weighted by atomic mass is 16.5. The van der Waals surface area contributed by atoms with Gasteiger partial charge in [0.25, 0.3) is 0 Å². The summed E-state index contributed by atoms with van der Waals surface area (Å²) in [6.45, 7) is 2.00. The molecule has 0 atom stereocenters. The van der Waals surface area contributed by atoms with Crippen LogP contribution in [0.4, 0.5) is 0 Å². The third kappa shape index (κ3) is 3.84. The third-order valence-electron chi connectivity index (χ3n) is 3.15. The normalized spacial score (nSPS) is 16.8. The van der Waals surface area contributed by atoms with Gasteiger partial charge >= 0.3 is 5.97 Å². The molecule has 1 aliphatic carbocycles. The lowest BCUT2D eigenvalue weighted by Crippen LogP contribution is -2.22. The van der Waals surface area contributed by atoms with Gasteiger partial charge in [0, 0.05) is 6.20 Å². The lowest BCUT2D eigenvalue weighted by atomic mass is 9.98. The Hall–Kier alpha value is -1.38. The zero-order valence-corrected chi connectivity index (χ0v) is 10.3. The molecule has 2 rings (SSSR count). The van der Waals surface area contributed by atoms with Crippen LogP contribution in [-0.2, 0) is 16.0 Å². The van der Waals surface area contributed by atoms with Gasteiger partial charge in [-0.1, -0.05) is 6.42 Å². The van der Waals surface area contributed by atoms with Crippen LogP contribution in [0.5, 0.6) is 0 Å². The fourth-order valence-electron chi connectivity index (χ4n) is 2.25. The molecule has 0 aliphatic heterocycles. The third-order valence-corrected chi connectivity index (χ3v) is 3.15. The molecule has 0 bridgehead atoms. The second kappa shape index (κ2) is 5.80. The number of ether oxygens (including phenoxy) is 1. The Morgan fingerprint density at radius 2 is 2.18 bits per heavy atom. The molecule has 3 heteroatoms. The summed E-state index contributed by atoms with van der Waals surface area (Å²) >= 11 is 0. The van der Waals surface area contributed by atoms with E-state index in [-0.39, 0.29) is 18.5 Å². The van der Waals surface area contributed by atoms with Crippen LogP contribution in [0, 0.1) is 6.92 Å². The summed E-state index contributed by atoms with van der Waals surface area (Å²) in [5.74, 6) is -0.144. The van der Waals surface area contributed by atoms with Gasteiger partial charge in [0.1, 0.15) is 6.10 Å². The maximum Gasteiger partial charge on any atom is 0.312 e. The fourth-order valence-corrected chi connectivity index (χ4v) is 2.25. The van der Waals surface area contributed by atoms with E-state index in [9.17, 15) is 4.79 Å². The molecule has 1 aromatic heterocycles. The molecule has 1 fully saturated rings. The first-order chi connectivity index (χ1) is 8.24. The van der Waals surface area contributed by atoms with E-state index in [0.717, 1.165) is 24.1 Å². The molecule has 92 valence electrons. The van der Waals surface area contributed by atoms with Crippen molar-refractivity contribution in [2.45, 2.75) is 51.6 Å². The molecule has 0 aromatic carbocycles. The molecule has 1 aromatic rings. The van der Waals surface area contributed by atoms with E-state index in [1.807, 2.05) is 19.1 Å². The van der Waals surface area contributed by atoms with E-state index >= 15 is 0 Å². The second-order valence-electron chi connectivity index (χ2n) is 4.75. The zero-order valence-electron chi connectivity index (χ0n) is 10.3. The molecule has 17 heavy (non-hydrogen) atoms. The molecule has 1 aliphatic rings. The smallest absolute Gasteiger partial charge is 0.312 e. The van der Waals surface area contributed by atoms with Gasteiger partial charge in [-0.2, -0.15) is 0 Å². The van der Waals surface area contributed by atoms with Gasteiger partial charge in [-0.25, -0.2) is 0 Å². The van der Waals surface area contributed by atoms with Crippen molar-refractivity contribution in [1.82, 2.24) is 4.98 Å². The highest BCUT2D eigenvalue weighted by Gasteiger charge is 2.17. The van der Waals surface area contributed by atoms with Crippen molar-refractivity contribution >= 4 is 5.97 Å². The second-order valence-corrected chi connectivity index (χ2v) is 4.75. The van der Waals surface area contributed by atoms with E-state index in [2.05, 4.69) is 4.98 Å². The Morgan fingerprint density at radius 1 is 1.41 bits per heavy atom. The number of rotatable bonds is 3. The van der Waals surface area contributed by atoms with Gasteiger partial charge in [0.15, 0.2) is 0 Å². The first kappa shape index (κ1) is 12.1. The maximum absolute atomic E-state index is 11.7. The van der Waals surface area contributed by atoms with Gasteiger partial charge < -0.3 is 4.74 Å². The van der Waals surface area contributed by atoms with Crippen molar-refractivity contribution in [1.29, 1.82) is 0 Å². The average molecular weight is 233 g/mol. The van der Waals surface area contributed by atoms with Crippen LogP contribution in [-0.4, -0.2) is 17.1 Å². The minimum Gasteiger partial charge on any atom is -0.462 e. The summed E-state index contributed by atoms with van der Waals surface area (Å²) in [6.07, 6.45) is 7.84. The average Bonchev–Trinajstić information content (AvgIpc) is 2.30. The molecule has 3 nitrogen and oxygen atoms in total. The van der Waals surface area contributed by atoms with Crippen molar-refractivity contribution in [3.63, 3.8) is 0 Å². The first-order valence-corrected chi connectivity index (χ1v) is 6.35. The van der Waals surface area contributed by atoms with E-state index in [0.29, 0.717) is 0 Å². The minimum absolute atomic E-state index is 0.140. The molecule has 1 heterocycles. The molecule has 0 N–H and O–H groups in total.